The van der Waals surface area contributed by atoms with E-state index in [1.54, 1.807) is 14.2 Å². The molecular weight excluding hydrogens is 322 g/mol. The molecular formula is C18H25N3O4. The third-order valence-corrected chi connectivity index (χ3v) is 4.10. The van der Waals surface area contributed by atoms with Crippen LogP contribution in [0.25, 0.3) is 0 Å². The van der Waals surface area contributed by atoms with Gasteiger partial charge in [-0.3, -0.25) is 0 Å². The molecule has 0 bridgehead atoms. The van der Waals surface area contributed by atoms with Gasteiger partial charge in [0.05, 0.1) is 40.1 Å². The molecule has 0 spiro atoms. The molecule has 25 heavy (non-hydrogen) atoms. The number of aromatic nitrogens is 3. The minimum absolute atomic E-state index is 0.0191. The number of benzene rings is 1. The van der Waals surface area contributed by atoms with Crippen LogP contribution in [0, 0.1) is 0 Å². The van der Waals surface area contributed by atoms with E-state index in [4.69, 9.17) is 23.9 Å². The van der Waals surface area contributed by atoms with Crippen molar-refractivity contribution in [2.45, 2.75) is 25.5 Å². The molecule has 136 valence electrons. The zero-order valence-electron chi connectivity index (χ0n) is 14.8. The first-order chi connectivity index (χ1) is 12.3. The number of methoxy groups -OCH3 is 2. The lowest BCUT2D eigenvalue weighted by Crippen LogP contribution is -2.33. The molecule has 0 saturated carbocycles. The van der Waals surface area contributed by atoms with Crippen molar-refractivity contribution in [3.63, 3.8) is 0 Å². The molecule has 1 saturated heterocycles. The molecule has 7 nitrogen and oxygen atoms in total. The quantitative estimate of drug-likeness (QED) is 0.721. The van der Waals surface area contributed by atoms with Crippen molar-refractivity contribution in [1.82, 2.24) is 14.8 Å². The van der Waals surface area contributed by atoms with Crippen molar-refractivity contribution in [2.24, 2.45) is 0 Å². The Bertz CT molecular complexity index is 651. The molecule has 1 atom stereocenters. The van der Waals surface area contributed by atoms with Crippen molar-refractivity contribution < 1.29 is 18.9 Å². The second-order valence-electron chi connectivity index (χ2n) is 5.96. The highest BCUT2D eigenvalue weighted by Gasteiger charge is 2.19. The lowest BCUT2D eigenvalue weighted by atomic mass is 10.1. The van der Waals surface area contributed by atoms with Gasteiger partial charge >= 0.3 is 0 Å². The fourth-order valence-electron chi connectivity index (χ4n) is 2.79. The molecule has 0 aliphatic carbocycles. The largest absolute Gasteiger partial charge is 0.497 e. The molecule has 1 aliphatic rings. The predicted octanol–water partition coefficient (Wildman–Crippen LogP) is 1.48. The summed E-state index contributed by atoms with van der Waals surface area (Å²) in [5.74, 6) is 2.56. The van der Waals surface area contributed by atoms with E-state index >= 15 is 0 Å². The van der Waals surface area contributed by atoms with Crippen LogP contribution < -0.4 is 4.74 Å². The monoisotopic (exact) mass is 347 g/mol. The van der Waals surface area contributed by atoms with Crippen LogP contribution in [0.15, 0.2) is 24.3 Å². The van der Waals surface area contributed by atoms with E-state index in [1.165, 1.54) is 0 Å². The SMILES string of the molecule is COCCc1nc(Cc2ccc(OC)cc2)nn1CC1COCCO1. The van der Waals surface area contributed by atoms with Crippen molar-refractivity contribution >= 4 is 0 Å². The van der Waals surface area contributed by atoms with E-state index in [1.807, 2.05) is 28.9 Å². The summed E-state index contributed by atoms with van der Waals surface area (Å²) < 4.78 is 23.5. The number of nitrogens with zero attached hydrogens (tertiary/aromatic N) is 3. The van der Waals surface area contributed by atoms with E-state index in [-0.39, 0.29) is 6.10 Å². The Hall–Kier alpha value is -1.96. The van der Waals surface area contributed by atoms with Crippen molar-refractivity contribution in [3.05, 3.63) is 41.5 Å². The van der Waals surface area contributed by atoms with Crippen LogP contribution in [-0.4, -0.2) is 61.5 Å². The van der Waals surface area contributed by atoms with Gasteiger partial charge in [-0.2, -0.15) is 5.10 Å². The normalized spacial score (nSPS) is 17.6. The molecule has 3 rings (SSSR count). The number of ether oxygens (including phenoxy) is 4. The van der Waals surface area contributed by atoms with Crippen LogP contribution in [0.5, 0.6) is 5.75 Å². The number of hydrogen-bond donors (Lipinski definition) is 0. The van der Waals surface area contributed by atoms with Crippen LogP contribution in [0.4, 0.5) is 0 Å². The molecule has 1 aromatic carbocycles. The molecule has 1 aliphatic heterocycles. The van der Waals surface area contributed by atoms with E-state index in [0.717, 1.165) is 29.4 Å². The fourth-order valence-corrected chi connectivity index (χ4v) is 2.79. The maximum Gasteiger partial charge on any atom is 0.155 e. The molecule has 0 amide bonds. The van der Waals surface area contributed by atoms with Gasteiger partial charge in [0.2, 0.25) is 0 Å². The molecule has 2 heterocycles. The minimum atomic E-state index is 0.0191. The molecule has 0 N–H and O–H groups in total. The van der Waals surface area contributed by atoms with E-state index in [2.05, 4.69) is 5.10 Å². The topological polar surface area (TPSA) is 67.6 Å². The van der Waals surface area contributed by atoms with Gasteiger partial charge in [-0.1, -0.05) is 12.1 Å². The van der Waals surface area contributed by atoms with Gasteiger partial charge in [0.25, 0.3) is 0 Å². The van der Waals surface area contributed by atoms with E-state index in [9.17, 15) is 0 Å². The van der Waals surface area contributed by atoms with Gasteiger partial charge in [0.15, 0.2) is 5.82 Å². The van der Waals surface area contributed by atoms with Crippen molar-refractivity contribution in [3.8, 4) is 5.75 Å². The van der Waals surface area contributed by atoms with Gasteiger partial charge < -0.3 is 18.9 Å². The second kappa shape index (κ2) is 8.94. The Morgan fingerprint density at radius 2 is 2.04 bits per heavy atom. The fraction of sp³-hybridized carbons (Fsp3) is 0.556. The first-order valence-electron chi connectivity index (χ1n) is 8.52. The molecule has 1 aromatic heterocycles. The zero-order valence-corrected chi connectivity index (χ0v) is 14.8. The van der Waals surface area contributed by atoms with Gasteiger partial charge in [0, 0.05) is 20.0 Å². The molecule has 1 fully saturated rings. The number of hydrogen-bond acceptors (Lipinski definition) is 6. The van der Waals surface area contributed by atoms with Crippen LogP contribution in [0.1, 0.15) is 17.2 Å². The van der Waals surface area contributed by atoms with Crippen LogP contribution in [-0.2, 0) is 33.6 Å². The lowest BCUT2D eigenvalue weighted by Gasteiger charge is -2.23. The van der Waals surface area contributed by atoms with E-state index < -0.39 is 0 Å². The third kappa shape index (κ3) is 5.01. The summed E-state index contributed by atoms with van der Waals surface area (Å²) in [6.45, 7) is 3.15. The van der Waals surface area contributed by atoms with Crippen molar-refractivity contribution in [2.75, 3.05) is 40.6 Å². The highest BCUT2D eigenvalue weighted by Crippen LogP contribution is 2.14. The van der Waals surface area contributed by atoms with Gasteiger partial charge in [-0.15, -0.1) is 0 Å². The smallest absolute Gasteiger partial charge is 0.155 e. The van der Waals surface area contributed by atoms with Crippen LogP contribution in [0.2, 0.25) is 0 Å². The first kappa shape index (κ1) is 17.8. The summed E-state index contributed by atoms with van der Waals surface area (Å²) in [6.07, 6.45) is 1.42. The van der Waals surface area contributed by atoms with Gasteiger partial charge in [0.1, 0.15) is 17.7 Å². The standard InChI is InChI=1S/C18H25N3O4/c1-22-8-7-18-19-17(11-14-3-5-15(23-2)6-4-14)20-21(18)12-16-13-24-9-10-25-16/h3-6,16H,7-13H2,1-2H3. The van der Waals surface area contributed by atoms with Crippen LogP contribution >= 0.6 is 0 Å². The Kier molecular flexibility index (Phi) is 6.38. The molecule has 2 aromatic rings. The Labute approximate surface area is 147 Å². The third-order valence-electron chi connectivity index (χ3n) is 4.10. The van der Waals surface area contributed by atoms with Crippen LogP contribution in [0.3, 0.4) is 0 Å². The van der Waals surface area contributed by atoms with E-state index in [0.29, 0.717) is 39.4 Å². The predicted molar refractivity (Wildman–Crippen MR) is 92.0 cm³/mol. The second-order valence-corrected chi connectivity index (χ2v) is 5.96. The molecule has 7 heteroatoms. The molecule has 1 unspecified atom stereocenters. The highest BCUT2D eigenvalue weighted by atomic mass is 16.6. The summed E-state index contributed by atoms with van der Waals surface area (Å²) in [7, 11) is 3.36. The summed E-state index contributed by atoms with van der Waals surface area (Å²) in [6, 6.07) is 7.97. The average molecular weight is 347 g/mol. The highest BCUT2D eigenvalue weighted by molar-refractivity contribution is 5.28. The first-order valence-corrected chi connectivity index (χ1v) is 8.52. The Morgan fingerprint density at radius 1 is 1.20 bits per heavy atom. The Morgan fingerprint density at radius 3 is 2.72 bits per heavy atom. The summed E-state index contributed by atoms with van der Waals surface area (Å²) in [5.41, 5.74) is 1.15. The zero-order chi connectivity index (χ0) is 17.5. The summed E-state index contributed by atoms with van der Waals surface area (Å²) >= 11 is 0. The summed E-state index contributed by atoms with van der Waals surface area (Å²) in [5, 5.41) is 4.68. The minimum Gasteiger partial charge on any atom is -0.497 e. The van der Waals surface area contributed by atoms with Gasteiger partial charge in [-0.25, -0.2) is 9.67 Å². The Balaban J connectivity index is 1.71. The lowest BCUT2D eigenvalue weighted by molar-refractivity contribution is -0.0949. The molecule has 0 radical (unpaired) electrons. The number of rotatable bonds is 8. The maximum atomic E-state index is 5.74. The van der Waals surface area contributed by atoms with Crippen molar-refractivity contribution in [1.29, 1.82) is 0 Å². The maximum absolute atomic E-state index is 5.74. The van der Waals surface area contributed by atoms with Gasteiger partial charge in [-0.05, 0) is 17.7 Å². The average Bonchev–Trinajstić information content (AvgIpc) is 3.02. The summed E-state index contributed by atoms with van der Waals surface area (Å²) in [4.78, 5) is 4.70.